The van der Waals surface area contributed by atoms with E-state index in [1.807, 2.05) is 30.0 Å². The fraction of sp³-hybridized carbons (Fsp3) is 0.500. The van der Waals surface area contributed by atoms with Crippen LogP contribution >= 0.6 is 11.8 Å². The number of nitrogens with one attached hydrogen (secondary N) is 1. The van der Waals surface area contributed by atoms with Crippen LogP contribution in [-0.2, 0) is 6.54 Å². The normalized spacial score (nSPS) is 23.2. The Bertz CT molecular complexity index is 422. The number of thioether (sulfide) groups is 1. The highest BCUT2D eigenvalue weighted by Gasteiger charge is 2.23. The van der Waals surface area contributed by atoms with E-state index in [4.69, 9.17) is 5.73 Å². The van der Waals surface area contributed by atoms with Crippen molar-refractivity contribution >= 4 is 17.7 Å². The number of amides is 1. The van der Waals surface area contributed by atoms with E-state index in [2.05, 4.69) is 11.6 Å². The second kappa shape index (κ2) is 6.25. The van der Waals surface area contributed by atoms with Crippen LogP contribution in [-0.4, -0.2) is 23.5 Å². The SMILES string of the molecule is CSC1CCC(NCc2cccc(C(N)=O)c2)C1. The average Bonchev–Trinajstić information content (AvgIpc) is 2.84. The zero-order chi connectivity index (χ0) is 13.0. The van der Waals surface area contributed by atoms with Crippen molar-refractivity contribution < 1.29 is 4.79 Å². The van der Waals surface area contributed by atoms with Crippen LogP contribution in [0.5, 0.6) is 0 Å². The first-order chi connectivity index (χ1) is 8.69. The monoisotopic (exact) mass is 264 g/mol. The van der Waals surface area contributed by atoms with Crippen LogP contribution in [0.15, 0.2) is 24.3 Å². The fourth-order valence-corrected chi connectivity index (χ4v) is 3.23. The summed E-state index contributed by atoms with van der Waals surface area (Å²) in [5.41, 5.74) is 6.98. The quantitative estimate of drug-likeness (QED) is 0.857. The molecule has 1 aliphatic carbocycles. The number of rotatable bonds is 5. The summed E-state index contributed by atoms with van der Waals surface area (Å²) in [6, 6.07) is 8.15. The van der Waals surface area contributed by atoms with Crippen LogP contribution in [0.1, 0.15) is 35.2 Å². The van der Waals surface area contributed by atoms with Gasteiger partial charge in [0, 0.05) is 23.4 Å². The first-order valence-electron chi connectivity index (χ1n) is 6.34. The maximum Gasteiger partial charge on any atom is 0.248 e. The lowest BCUT2D eigenvalue weighted by atomic mass is 10.1. The Labute approximate surface area is 113 Å². The van der Waals surface area contributed by atoms with Crippen molar-refractivity contribution in [3.63, 3.8) is 0 Å². The molecule has 0 aliphatic heterocycles. The van der Waals surface area contributed by atoms with Gasteiger partial charge in [-0.2, -0.15) is 11.8 Å². The summed E-state index contributed by atoms with van der Waals surface area (Å²) in [7, 11) is 0. The minimum atomic E-state index is -0.361. The first kappa shape index (κ1) is 13.4. The summed E-state index contributed by atoms with van der Waals surface area (Å²) in [6.07, 6.45) is 5.99. The van der Waals surface area contributed by atoms with Gasteiger partial charge in [-0.25, -0.2) is 0 Å². The number of nitrogens with two attached hydrogens (primary N) is 1. The Hall–Kier alpha value is -1.00. The molecule has 1 saturated carbocycles. The molecule has 98 valence electrons. The van der Waals surface area contributed by atoms with Crippen molar-refractivity contribution in [2.75, 3.05) is 6.26 Å². The zero-order valence-corrected chi connectivity index (χ0v) is 11.5. The van der Waals surface area contributed by atoms with Gasteiger partial charge in [0.15, 0.2) is 0 Å². The molecule has 0 saturated heterocycles. The van der Waals surface area contributed by atoms with E-state index < -0.39 is 0 Å². The van der Waals surface area contributed by atoms with Crippen LogP contribution in [0.4, 0.5) is 0 Å². The molecule has 1 aromatic carbocycles. The number of carbonyl (C=O) groups is 1. The van der Waals surface area contributed by atoms with Crippen LogP contribution in [0, 0.1) is 0 Å². The second-order valence-electron chi connectivity index (χ2n) is 4.81. The Morgan fingerprint density at radius 2 is 2.33 bits per heavy atom. The molecule has 1 fully saturated rings. The molecule has 4 heteroatoms. The molecule has 0 heterocycles. The van der Waals surface area contributed by atoms with Crippen LogP contribution in [0.3, 0.4) is 0 Å². The lowest BCUT2D eigenvalue weighted by Crippen LogP contribution is -2.26. The lowest BCUT2D eigenvalue weighted by Gasteiger charge is -2.13. The van der Waals surface area contributed by atoms with Gasteiger partial charge < -0.3 is 11.1 Å². The molecule has 18 heavy (non-hydrogen) atoms. The molecular weight excluding hydrogens is 244 g/mol. The Morgan fingerprint density at radius 1 is 1.50 bits per heavy atom. The molecule has 2 unspecified atom stereocenters. The number of hydrogen-bond acceptors (Lipinski definition) is 3. The number of carbonyl (C=O) groups excluding carboxylic acids is 1. The van der Waals surface area contributed by atoms with E-state index in [0.717, 1.165) is 17.4 Å². The second-order valence-corrected chi connectivity index (χ2v) is 5.95. The zero-order valence-electron chi connectivity index (χ0n) is 10.7. The summed E-state index contributed by atoms with van der Waals surface area (Å²) in [4.78, 5) is 11.1. The lowest BCUT2D eigenvalue weighted by molar-refractivity contribution is 0.1000. The minimum Gasteiger partial charge on any atom is -0.366 e. The molecule has 0 bridgehead atoms. The van der Waals surface area contributed by atoms with Crippen LogP contribution < -0.4 is 11.1 Å². The van der Waals surface area contributed by atoms with Crippen molar-refractivity contribution in [3.8, 4) is 0 Å². The number of benzene rings is 1. The minimum absolute atomic E-state index is 0.361. The molecule has 1 aromatic rings. The van der Waals surface area contributed by atoms with Gasteiger partial charge in [-0.05, 0) is 43.2 Å². The largest absolute Gasteiger partial charge is 0.366 e. The average molecular weight is 264 g/mol. The van der Waals surface area contributed by atoms with Gasteiger partial charge in [0.25, 0.3) is 0 Å². The van der Waals surface area contributed by atoms with Crippen LogP contribution in [0.2, 0.25) is 0 Å². The molecule has 3 nitrogen and oxygen atoms in total. The van der Waals surface area contributed by atoms with Crippen molar-refractivity contribution in [3.05, 3.63) is 35.4 Å². The van der Waals surface area contributed by atoms with Gasteiger partial charge in [-0.1, -0.05) is 12.1 Å². The molecule has 1 aliphatic rings. The van der Waals surface area contributed by atoms with E-state index in [-0.39, 0.29) is 5.91 Å². The Morgan fingerprint density at radius 3 is 3.00 bits per heavy atom. The van der Waals surface area contributed by atoms with Gasteiger partial charge in [0.05, 0.1) is 0 Å². The van der Waals surface area contributed by atoms with Gasteiger partial charge >= 0.3 is 0 Å². The summed E-state index contributed by atoms with van der Waals surface area (Å²) < 4.78 is 0. The Balaban J connectivity index is 1.87. The van der Waals surface area contributed by atoms with Crippen molar-refractivity contribution in [2.45, 2.75) is 37.1 Å². The molecule has 2 rings (SSSR count). The molecule has 1 amide bonds. The standard InChI is InChI=1S/C14H20N2OS/c1-18-13-6-5-12(8-13)16-9-10-3-2-4-11(7-10)14(15)17/h2-4,7,12-13,16H,5-6,8-9H2,1H3,(H2,15,17). The van der Waals surface area contributed by atoms with Gasteiger partial charge in [0.1, 0.15) is 0 Å². The predicted octanol–water partition coefficient (Wildman–Crippen LogP) is 2.16. The third-order valence-corrected chi connectivity index (χ3v) is 4.62. The van der Waals surface area contributed by atoms with Crippen LogP contribution in [0.25, 0.3) is 0 Å². The van der Waals surface area contributed by atoms with Gasteiger partial charge in [-0.15, -0.1) is 0 Å². The molecule has 2 atom stereocenters. The van der Waals surface area contributed by atoms with E-state index in [0.29, 0.717) is 11.6 Å². The van der Waals surface area contributed by atoms with Crippen molar-refractivity contribution in [2.24, 2.45) is 5.73 Å². The predicted molar refractivity (Wildman–Crippen MR) is 76.7 cm³/mol. The highest BCUT2D eigenvalue weighted by molar-refractivity contribution is 7.99. The maximum absolute atomic E-state index is 11.1. The highest BCUT2D eigenvalue weighted by atomic mass is 32.2. The fourth-order valence-electron chi connectivity index (χ4n) is 2.44. The van der Waals surface area contributed by atoms with E-state index in [9.17, 15) is 4.79 Å². The third-order valence-electron chi connectivity index (χ3n) is 3.52. The third kappa shape index (κ3) is 3.50. The summed E-state index contributed by atoms with van der Waals surface area (Å²) in [6.45, 7) is 0.812. The summed E-state index contributed by atoms with van der Waals surface area (Å²) in [5, 5.41) is 4.37. The van der Waals surface area contributed by atoms with E-state index >= 15 is 0 Å². The smallest absolute Gasteiger partial charge is 0.248 e. The maximum atomic E-state index is 11.1. The highest BCUT2D eigenvalue weighted by Crippen LogP contribution is 2.28. The molecule has 3 N–H and O–H groups in total. The first-order valence-corrected chi connectivity index (χ1v) is 7.62. The van der Waals surface area contributed by atoms with Crippen molar-refractivity contribution in [1.29, 1.82) is 0 Å². The molecule has 0 radical (unpaired) electrons. The Kier molecular flexibility index (Phi) is 4.66. The van der Waals surface area contributed by atoms with Gasteiger partial charge in [0.2, 0.25) is 5.91 Å². The van der Waals surface area contributed by atoms with E-state index in [1.54, 1.807) is 6.07 Å². The topological polar surface area (TPSA) is 55.1 Å². The number of hydrogen-bond donors (Lipinski definition) is 2. The van der Waals surface area contributed by atoms with Gasteiger partial charge in [-0.3, -0.25) is 4.79 Å². The summed E-state index contributed by atoms with van der Waals surface area (Å²) in [5.74, 6) is -0.361. The molecular formula is C14H20N2OS. The molecule has 0 spiro atoms. The summed E-state index contributed by atoms with van der Waals surface area (Å²) >= 11 is 1.96. The molecule has 0 aromatic heterocycles. The van der Waals surface area contributed by atoms with E-state index in [1.165, 1.54) is 19.3 Å². The number of primary amides is 1. The van der Waals surface area contributed by atoms with Crippen molar-refractivity contribution in [1.82, 2.24) is 5.32 Å².